The Bertz CT molecular complexity index is 1110. The number of fused-ring (bicyclic) bond motifs is 1. The van der Waals surface area contributed by atoms with Gasteiger partial charge in [0.1, 0.15) is 17.2 Å². The second kappa shape index (κ2) is 7.46. The van der Waals surface area contributed by atoms with Crippen LogP contribution in [0.15, 0.2) is 42.6 Å². The molecular formula is C21H20FN5O2. The fourth-order valence-corrected chi connectivity index (χ4v) is 3.35. The molecule has 7 nitrogen and oxygen atoms in total. The topological polar surface area (TPSA) is 101 Å². The van der Waals surface area contributed by atoms with Crippen LogP contribution in [0.25, 0.3) is 22.2 Å². The van der Waals surface area contributed by atoms with E-state index in [1.165, 1.54) is 18.3 Å². The number of aromatic nitrogens is 2. The van der Waals surface area contributed by atoms with Gasteiger partial charge in [-0.25, -0.2) is 14.4 Å². The van der Waals surface area contributed by atoms with Gasteiger partial charge in [-0.15, -0.1) is 0 Å². The Hall–Kier alpha value is -3.55. The molecule has 0 saturated carbocycles. The Kier molecular flexibility index (Phi) is 4.84. The van der Waals surface area contributed by atoms with Crippen molar-refractivity contribution < 1.29 is 14.0 Å². The molecule has 0 bridgehead atoms. The molecular weight excluding hydrogens is 373 g/mol. The second-order valence-corrected chi connectivity index (χ2v) is 6.99. The molecule has 1 aliphatic heterocycles. The third kappa shape index (κ3) is 3.61. The largest absolute Gasteiger partial charge is 0.382 e. The zero-order valence-corrected chi connectivity index (χ0v) is 15.9. The molecule has 0 atom stereocenters. The molecule has 1 aromatic carbocycles. The van der Waals surface area contributed by atoms with E-state index in [1.807, 2.05) is 0 Å². The number of anilines is 1. The summed E-state index contributed by atoms with van der Waals surface area (Å²) >= 11 is 0. The number of likely N-dealkylation sites (tertiary alicyclic amines) is 1. The molecule has 3 N–H and O–H groups in total. The first-order chi connectivity index (χ1) is 14.0. The first kappa shape index (κ1) is 18.8. The number of carbonyl (C=O) groups is 2. The van der Waals surface area contributed by atoms with Gasteiger partial charge < -0.3 is 16.0 Å². The minimum Gasteiger partial charge on any atom is -0.382 e. The highest BCUT2D eigenvalue weighted by Gasteiger charge is 2.33. The third-order valence-electron chi connectivity index (χ3n) is 4.97. The van der Waals surface area contributed by atoms with Crippen LogP contribution in [0.1, 0.15) is 23.7 Å². The SMILES string of the molecule is CCC(=O)NC1CN(C(=O)c2cnc(N)c3nc(-c4cccc(F)c4)ccc23)C1. The lowest BCUT2D eigenvalue weighted by Gasteiger charge is -2.39. The summed E-state index contributed by atoms with van der Waals surface area (Å²) in [6, 6.07) is 9.56. The number of rotatable bonds is 4. The molecule has 8 heteroatoms. The van der Waals surface area contributed by atoms with Crippen molar-refractivity contribution in [1.82, 2.24) is 20.2 Å². The Balaban J connectivity index is 1.62. The van der Waals surface area contributed by atoms with Crippen molar-refractivity contribution in [3.63, 3.8) is 0 Å². The van der Waals surface area contributed by atoms with E-state index in [2.05, 4.69) is 15.3 Å². The molecule has 148 valence electrons. The zero-order chi connectivity index (χ0) is 20.5. The van der Waals surface area contributed by atoms with Crippen LogP contribution in [0, 0.1) is 5.82 Å². The Morgan fingerprint density at radius 1 is 1.28 bits per heavy atom. The summed E-state index contributed by atoms with van der Waals surface area (Å²) in [6.45, 7) is 2.69. The molecule has 0 unspecified atom stereocenters. The predicted octanol–water partition coefficient (Wildman–Crippen LogP) is 2.37. The number of halogens is 1. The lowest BCUT2D eigenvalue weighted by atomic mass is 10.0. The number of nitrogens with two attached hydrogens (primary N) is 1. The highest BCUT2D eigenvalue weighted by Crippen LogP contribution is 2.27. The van der Waals surface area contributed by atoms with Gasteiger partial charge in [0.05, 0.1) is 17.3 Å². The first-order valence-electron chi connectivity index (χ1n) is 9.36. The van der Waals surface area contributed by atoms with Crippen LogP contribution in [-0.4, -0.2) is 45.8 Å². The van der Waals surface area contributed by atoms with Crippen LogP contribution in [-0.2, 0) is 4.79 Å². The average Bonchev–Trinajstić information content (AvgIpc) is 2.70. The Labute approximate surface area is 166 Å². The Morgan fingerprint density at radius 2 is 2.07 bits per heavy atom. The van der Waals surface area contributed by atoms with Crippen molar-refractivity contribution in [3.8, 4) is 11.3 Å². The quantitative estimate of drug-likeness (QED) is 0.709. The summed E-state index contributed by atoms with van der Waals surface area (Å²) in [4.78, 5) is 34.7. The standard InChI is InChI=1S/C21H20FN5O2/c1-2-18(28)25-14-10-27(11-14)21(29)16-9-24-20(23)19-15(16)6-7-17(26-19)12-4-3-5-13(22)8-12/h3-9,14H,2,10-11H2,1H3,(H2,23,24)(H,25,28). The number of amides is 2. The minimum absolute atomic E-state index is 0.0305. The molecule has 2 amide bonds. The van der Waals surface area contributed by atoms with E-state index in [0.717, 1.165) is 0 Å². The van der Waals surface area contributed by atoms with Crippen molar-refractivity contribution in [2.75, 3.05) is 18.8 Å². The summed E-state index contributed by atoms with van der Waals surface area (Å²) in [5, 5.41) is 3.45. The van der Waals surface area contributed by atoms with E-state index >= 15 is 0 Å². The van der Waals surface area contributed by atoms with Crippen LogP contribution in [0.5, 0.6) is 0 Å². The monoisotopic (exact) mass is 393 g/mol. The first-order valence-corrected chi connectivity index (χ1v) is 9.36. The van der Waals surface area contributed by atoms with Gasteiger partial charge >= 0.3 is 0 Å². The van der Waals surface area contributed by atoms with Crippen LogP contribution in [0.3, 0.4) is 0 Å². The summed E-state index contributed by atoms with van der Waals surface area (Å²) in [7, 11) is 0. The van der Waals surface area contributed by atoms with Gasteiger partial charge in [0.25, 0.3) is 5.91 Å². The maximum atomic E-state index is 13.5. The van der Waals surface area contributed by atoms with Crippen LogP contribution in [0.4, 0.5) is 10.2 Å². The van der Waals surface area contributed by atoms with Gasteiger partial charge in [-0.05, 0) is 24.3 Å². The van der Waals surface area contributed by atoms with Crippen molar-refractivity contribution >= 4 is 28.5 Å². The number of nitrogens with one attached hydrogen (secondary N) is 1. The van der Waals surface area contributed by atoms with E-state index in [9.17, 15) is 14.0 Å². The van der Waals surface area contributed by atoms with E-state index in [1.54, 1.807) is 36.1 Å². The average molecular weight is 393 g/mol. The van der Waals surface area contributed by atoms with Crippen molar-refractivity contribution in [2.45, 2.75) is 19.4 Å². The lowest BCUT2D eigenvalue weighted by Crippen LogP contribution is -2.60. The van der Waals surface area contributed by atoms with Crippen molar-refractivity contribution in [2.24, 2.45) is 0 Å². The number of benzene rings is 1. The molecule has 4 rings (SSSR count). The number of nitrogen functional groups attached to an aromatic ring is 1. The summed E-state index contributed by atoms with van der Waals surface area (Å²) in [6.07, 6.45) is 1.86. The van der Waals surface area contributed by atoms with Crippen molar-refractivity contribution in [3.05, 3.63) is 54.0 Å². The molecule has 1 saturated heterocycles. The van der Waals surface area contributed by atoms with Gasteiger partial charge in [-0.3, -0.25) is 9.59 Å². The second-order valence-electron chi connectivity index (χ2n) is 6.99. The van der Waals surface area contributed by atoms with Gasteiger partial charge in [0, 0.05) is 36.7 Å². The number of hydrogen-bond donors (Lipinski definition) is 2. The number of hydrogen-bond acceptors (Lipinski definition) is 5. The van der Waals surface area contributed by atoms with E-state index < -0.39 is 0 Å². The maximum absolute atomic E-state index is 13.5. The normalized spacial score (nSPS) is 13.9. The molecule has 3 aromatic rings. The predicted molar refractivity (Wildman–Crippen MR) is 107 cm³/mol. The molecule has 0 aliphatic carbocycles. The number of pyridine rings is 2. The third-order valence-corrected chi connectivity index (χ3v) is 4.97. The molecule has 0 spiro atoms. The van der Waals surface area contributed by atoms with Gasteiger partial charge in [0.2, 0.25) is 5.91 Å². The van der Waals surface area contributed by atoms with E-state index in [4.69, 9.17) is 5.73 Å². The molecule has 3 heterocycles. The summed E-state index contributed by atoms with van der Waals surface area (Å²) in [5.74, 6) is -0.381. The van der Waals surface area contributed by atoms with Gasteiger partial charge in [-0.2, -0.15) is 0 Å². The molecule has 1 aliphatic rings. The zero-order valence-electron chi connectivity index (χ0n) is 15.9. The fraction of sp³-hybridized carbons (Fsp3) is 0.238. The van der Waals surface area contributed by atoms with Crippen LogP contribution < -0.4 is 11.1 Å². The highest BCUT2D eigenvalue weighted by molar-refractivity contribution is 6.08. The van der Waals surface area contributed by atoms with E-state index in [-0.39, 0.29) is 29.5 Å². The van der Waals surface area contributed by atoms with Crippen LogP contribution in [0.2, 0.25) is 0 Å². The fourth-order valence-electron chi connectivity index (χ4n) is 3.35. The van der Waals surface area contributed by atoms with E-state index in [0.29, 0.717) is 47.2 Å². The van der Waals surface area contributed by atoms with Gasteiger partial charge in [-0.1, -0.05) is 19.1 Å². The van der Waals surface area contributed by atoms with Crippen molar-refractivity contribution in [1.29, 1.82) is 0 Å². The van der Waals surface area contributed by atoms with Crippen LogP contribution >= 0.6 is 0 Å². The minimum atomic E-state index is -0.359. The molecule has 29 heavy (non-hydrogen) atoms. The molecule has 0 radical (unpaired) electrons. The smallest absolute Gasteiger partial charge is 0.256 e. The highest BCUT2D eigenvalue weighted by atomic mass is 19.1. The Morgan fingerprint density at radius 3 is 2.79 bits per heavy atom. The molecule has 2 aromatic heterocycles. The number of carbonyl (C=O) groups excluding carboxylic acids is 2. The lowest BCUT2D eigenvalue weighted by molar-refractivity contribution is -0.122. The summed E-state index contributed by atoms with van der Waals surface area (Å²) in [5.41, 5.74) is 7.94. The van der Waals surface area contributed by atoms with Gasteiger partial charge in [0.15, 0.2) is 0 Å². The summed E-state index contributed by atoms with van der Waals surface area (Å²) < 4.78 is 13.5. The maximum Gasteiger partial charge on any atom is 0.256 e. The molecule has 1 fully saturated rings. The number of nitrogens with zero attached hydrogens (tertiary/aromatic N) is 3.